The van der Waals surface area contributed by atoms with Crippen LogP contribution in [0.15, 0.2) is 66.1 Å². The molecule has 0 radical (unpaired) electrons. The monoisotopic (exact) mass is 568 g/mol. The Balaban J connectivity index is 1.31. The number of pyridine rings is 1. The van der Waals surface area contributed by atoms with E-state index >= 15 is 0 Å². The third-order valence-corrected chi connectivity index (χ3v) is 7.36. The van der Waals surface area contributed by atoms with E-state index in [0.29, 0.717) is 24.7 Å². The minimum absolute atomic E-state index is 0.143. The molecule has 1 saturated heterocycles. The van der Waals surface area contributed by atoms with Crippen molar-refractivity contribution in [3.63, 3.8) is 0 Å². The molecule has 1 aliphatic rings. The summed E-state index contributed by atoms with van der Waals surface area (Å²) in [7, 11) is 0. The average molecular weight is 569 g/mol. The Morgan fingerprint density at radius 2 is 1.81 bits per heavy atom. The lowest BCUT2D eigenvalue weighted by Crippen LogP contribution is -2.28. The lowest BCUT2D eigenvalue weighted by molar-refractivity contribution is 0.0706. The van der Waals surface area contributed by atoms with E-state index < -0.39 is 17.2 Å². The van der Waals surface area contributed by atoms with Crippen molar-refractivity contribution in [2.45, 2.75) is 38.8 Å². The van der Waals surface area contributed by atoms with Crippen LogP contribution in [0, 0.1) is 5.82 Å². The smallest absolute Gasteiger partial charge is 0.280 e. The quantitative estimate of drug-likeness (QED) is 0.302. The number of ether oxygens (including phenoxy) is 1. The van der Waals surface area contributed by atoms with Gasteiger partial charge < -0.3 is 20.4 Å². The lowest BCUT2D eigenvalue weighted by atomic mass is 10.1. The molecule has 0 saturated carbocycles. The molecule has 0 bridgehead atoms. The topological polar surface area (TPSA) is 143 Å². The summed E-state index contributed by atoms with van der Waals surface area (Å²) in [5.41, 5.74) is 8.81. The first kappa shape index (κ1) is 27.2. The highest BCUT2D eigenvalue weighted by atomic mass is 19.1. The summed E-state index contributed by atoms with van der Waals surface area (Å²) in [5.74, 6) is -0.803. The molecular weight excluding hydrogens is 539 g/mol. The minimum Gasteiger partial charge on any atom is -0.383 e. The van der Waals surface area contributed by atoms with Crippen LogP contribution in [-0.4, -0.2) is 48.4 Å². The molecule has 1 fully saturated rings. The number of hydrogen-bond donors (Lipinski definition) is 2. The first-order valence-electron chi connectivity index (χ1n) is 13.7. The van der Waals surface area contributed by atoms with Gasteiger partial charge in [-0.1, -0.05) is 12.1 Å². The first-order chi connectivity index (χ1) is 20.3. The predicted molar refractivity (Wildman–Crippen MR) is 156 cm³/mol. The Morgan fingerprint density at radius 1 is 1.05 bits per heavy atom. The zero-order valence-electron chi connectivity index (χ0n) is 23.1. The van der Waals surface area contributed by atoms with Crippen molar-refractivity contribution in [3.05, 3.63) is 83.1 Å². The van der Waals surface area contributed by atoms with Gasteiger partial charge in [0.2, 0.25) is 5.43 Å². The summed E-state index contributed by atoms with van der Waals surface area (Å²) < 4.78 is 22.6. The van der Waals surface area contributed by atoms with Crippen LogP contribution in [0.2, 0.25) is 0 Å². The number of nitrogen functional groups attached to an aromatic ring is 1. The van der Waals surface area contributed by atoms with E-state index in [0.717, 1.165) is 41.2 Å². The molecule has 5 heterocycles. The SMILES string of the molecule is CC(C)n1cc(-c2ccc(F)cn2)c(=O)c(C(=O)Nc2ccc(-c3cn(C4CCOCC4)c4ncnc(N)c34)cc2)n1. The van der Waals surface area contributed by atoms with Crippen molar-refractivity contribution in [1.82, 2.24) is 29.3 Å². The summed E-state index contributed by atoms with van der Waals surface area (Å²) in [6, 6.07) is 9.93. The average Bonchev–Trinajstić information content (AvgIpc) is 3.39. The second-order valence-electron chi connectivity index (χ2n) is 10.4. The van der Waals surface area contributed by atoms with Gasteiger partial charge in [0.15, 0.2) is 5.69 Å². The number of benzene rings is 1. The number of amides is 1. The number of anilines is 2. The molecule has 5 aromatic rings. The third kappa shape index (κ3) is 5.12. The van der Waals surface area contributed by atoms with Crippen LogP contribution in [0.25, 0.3) is 33.4 Å². The van der Waals surface area contributed by atoms with Gasteiger partial charge in [0.25, 0.3) is 5.91 Å². The van der Waals surface area contributed by atoms with Crippen molar-refractivity contribution >= 4 is 28.4 Å². The molecule has 1 aromatic carbocycles. The fourth-order valence-electron chi connectivity index (χ4n) is 5.13. The molecule has 4 aromatic heterocycles. The number of nitrogens with zero attached hydrogens (tertiary/aromatic N) is 6. The molecule has 42 heavy (non-hydrogen) atoms. The molecule has 1 amide bonds. The summed E-state index contributed by atoms with van der Waals surface area (Å²) >= 11 is 0. The Kier molecular flexibility index (Phi) is 7.21. The fraction of sp³-hybridized carbons (Fsp3) is 0.267. The standard InChI is InChI=1S/C30H29FN8O3/c1-17(2)39-15-23(24-8-5-19(31)13-33-24)27(40)26(37-39)30(41)36-20-6-3-18(4-7-20)22-14-38(21-9-11-42-12-10-21)29-25(22)28(32)34-16-35-29/h3-8,13-17,21H,9-12H2,1-2H3,(H,36,41)(H2,32,34,35). The number of aromatic nitrogens is 6. The van der Waals surface area contributed by atoms with E-state index in [-0.39, 0.29) is 29.0 Å². The Morgan fingerprint density at radius 3 is 2.50 bits per heavy atom. The number of nitrogens with one attached hydrogen (secondary N) is 1. The number of carbonyl (C=O) groups is 1. The zero-order valence-corrected chi connectivity index (χ0v) is 23.1. The second-order valence-corrected chi connectivity index (χ2v) is 10.4. The molecule has 1 aliphatic heterocycles. The number of hydrogen-bond acceptors (Lipinski definition) is 8. The third-order valence-electron chi connectivity index (χ3n) is 7.36. The highest BCUT2D eigenvalue weighted by Gasteiger charge is 2.23. The van der Waals surface area contributed by atoms with E-state index in [1.807, 2.05) is 32.2 Å². The molecule has 0 aliphatic carbocycles. The van der Waals surface area contributed by atoms with Gasteiger partial charge in [-0.2, -0.15) is 5.10 Å². The summed E-state index contributed by atoms with van der Waals surface area (Å²) in [6.07, 6.45) is 7.82. The van der Waals surface area contributed by atoms with Crippen LogP contribution in [0.5, 0.6) is 0 Å². The number of rotatable bonds is 6. The van der Waals surface area contributed by atoms with Crippen LogP contribution < -0.4 is 16.5 Å². The summed E-state index contributed by atoms with van der Waals surface area (Å²) in [6.45, 7) is 5.12. The summed E-state index contributed by atoms with van der Waals surface area (Å²) in [4.78, 5) is 39.3. The predicted octanol–water partition coefficient (Wildman–Crippen LogP) is 4.62. The maximum atomic E-state index is 13.4. The first-order valence-corrected chi connectivity index (χ1v) is 13.7. The Hall–Kier alpha value is -4.97. The van der Waals surface area contributed by atoms with Crippen molar-refractivity contribution < 1.29 is 13.9 Å². The van der Waals surface area contributed by atoms with Gasteiger partial charge in [0, 0.05) is 48.9 Å². The normalized spacial score (nSPS) is 14.0. The largest absolute Gasteiger partial charge is 0.383 e. The maximum absolute atomic E-state index is 13.4. The van der Waals surface area contributed by atoms with Gasteiger partial charge in [-0.15, -0.1) is 0 Å². The molecule has 6 rings (SSSR count). The van der Waals surface area contributed by atoms with Crippen LogP contribution >= 0.6 is 0 Å². The van der Waals surface area contributed by atoms with E-state index in [2.05, 4.69) is 29.9 Å². The van der Waals surface area contributed by atoms with Crippen molar-refractivity contribution in [3.8, 4) is 22.4 Å². The van der Waals surface area contributed by atoms with E-state index in [9.17, 15) is 14.0 Å². The number of carbonyl (C=O) groups excluding carboxylic acids is 1. The highest BCUT2D eigenvalue weighted by molar-refractivity contribution is 6.04. The summed E-state index contributed by atoms with van der Waals surface area (Å²) in [5, 5.41) is 7.82. The van der Waals surface area contributed by atoms with Crippen LogP contribution in [-0.2, 0) is 4.74 Å². The van der Waals surface area contributed by atoms with Gasteiger partial charge in [0.1, 0.15) is 23.6 Å². The van der Waals surface area contributed by atoms with Crippen LogP contribution in [0.3, 0.4) is 0 Å². The number of nitrogens with two attached hydrogens (primary N) is 1. The molecule has 11 nitrogen and oxygen atoms in total. The van der Waals surface area contributed by atoms with Gasteiger partial charge in [-0.3, -0.25) is 19.3 Å². The Labute approximate surface area is 240 Å². The van der Waals surface area contributed by atoms with Gasteiger partial charge in [-0.25, -0.2) is 14.4 Å². The number of fused-ring (bicyclic) bond motifs is 1. The molecular formula is C30H29FN8O3. The Bertz CT molecular complexity index is 1830. The molecule has 214 valence electrons. The lowest BCUT2D eigenvalue weighted by Gasteiger charge is -2.24. The molecule has 0 atom stereocenters. The van der Waals surface area contributed by atoms with Gasteiger partial charge in [0.05, 0.1) is 22.8 Å². The van der Waals surface area contributed by atoms with Crippen molar-refractivity contribution in [2.24, 2.45) is 0 Å². The van der Waals surface area contributed by atoms with Crippen molar-refractivity contribution in [1.29, 1.82) is 0 Å². The molecule has 12 heteroatoms. The second kappa shape index (κ2) is 11.1. The minimum atomic E-state index is -0.667. The fourth-order valence-corrected chi connectivity index (χ4v) is 5.13. The zero-order chi connectivity index (χ0) is 29.4. The number of halogens is 1. The van der Waals surface area contributed by atoms with Crippen LogP contribution in [0.1, 0.15) is 49.3 Å². The van der Waals surface area contributed by atoms with E-state index in [1.165, 1.54) is 29.3 Å². The van der Waals surface area contributed by atoms with Crippen molar-refractivity contribution in [2.75, 3.05) is 24.3 Å². The van der Waals surface area contributed by atoms with Crippen LogP contribution in [0.4, 0.5) is 15.9 Å². The van der Waals surface area contributed by atoms with Gasteiger partial charge in [-0.05, 0) is 56.5 Å². The van der Waals surface area contributed by atoms with E-state index in [4.69, 9.17) is 10.5 Å². The molecule has 0 spiro atoms. The van der Waals surface area contributed by atoms with Gasteiger partial charge >= 0.3 is 0 Å². The maximum Gasteiger partial charge on any atom is 0.280 e. The van der Waals surface area contributed by atoms with E-state index in [1.54, 1.807) is 12.1 Å². The highest BCUT2D eigenvalue weighted by Crippen LogP contribution is 2.36. The molecule has 0 unspecified atom stereocenters. The molecule has 3 N–H and O–H groups in total.